The van der Waals surface area contributed by atoms with Crippen molar-refractivity contribution in [1.29, 1.82) is 0 Å². The third-order valence-electron chi connectivity index (χ3n) is 3.99. The van der Waals surface area contributed by atoms with Gasteiger partial charge in [-0.1, -0.05) is 6.07 Å². The van der Waals surface area contributed by atoms with E-state index in [9.17, 15) is 4.79 Å². The predicted molar refractivity (Wildman–Crippen MR) is 108 cm³/mol. The molecule has 1 aromatic rings. The number of methoxy groups -OCH3 is 1. The lowest BCUT2D eigenvalue weighted by Crippen LogP contribution is -2.41. The summed E-state index contributed by atoms with van der Waals surface area (Å²) in [5.74, 6) is 0.856. The third-order valence-corrected chi connectivity index (χ3v) is 3.99. The second-order valence-corrected chi connectivity index (χ2v) is 6.28. The summed E-state index contributed by atoms with van der Waals surface area (Å²) in [6, 6.07) is 5.25. The molecule has 1 aromatic heterocycles. The van der Waals surface area contributed by atoms with Crippen molar-refractivity contribution in [3.63, 3.8) is 0 Å². The maximum atomic E-state index is 11.6. The van der Waals surface area contributed by atoms with Gasteiger partial charge in [0.05, 0.1) is 0 Å². The highest BCUT2D eigenvalue weighted by atomic mass is 16.5. The van der Waals surface area contributed by atoms with Crippen LogP contribution in [0.25, 0.3) is 0 Å². The molecule has 0 bridgehead atoms. The standard InChI is InChI=1S/C19H35N5O2/c1-4-20-19(22-12-16-23(2)13-9-17-26-3)21-11-6-8-15-24-14-7-5-10-18(24)25/h5,7,10,14H,4,6,8-9,11-13,15-17H2,1-3H3,(H2,20,21,22). The second kappa shape index (κ2) is 14.3. The van der Waals surface area contributed by atoms with Gasteiger partial charge in [0.25, 0.3) is 0 Å². The van der Waals surface area contributed by atoms with Crippen molar-refractivity contribution in [1.82, 2.24) is 20.1 Å². The topological polar surface area (TPSA) is 70.9 Å². The van der Waals surface area contributed by atoms with Crippen LogP contribution in [0.2, 0.25) is 0 Å². The molecule has 0 fully saturated rings. The summed E-state index contributed by atoms with van der Waals surface area (Å²) >= 11 is 0. The van der Waals surface area contributed by atoms with Crippen LogP contribution in [0.3, 0.4) is 0 Å². The smallest absolute Gasteiger partial charge is 0.250 e. The number of rotatable bonds is 13. The molecular weight excluding hydrogens is 330 g/mol. The molecule has 26 heavy (non-hydrogen) atoms. The van der Waals surface area contributed by atoms with Crippen molar-refractivity contribution in [3.8, 4) is 0 Å². The Hall–Kier alpha value is -1.86. The zero-order valence-corrected chi connectivity index (χ0v) is 16.5. The average Bonchev–Trinajstić information content (AvgIpc) is 2.63. The Morgan fingerprint density at radius 1 is 1.23 bits per heavy atom. The number of nitrogens with zero attached hydrogens (tertiary/aromatic N) is 3. The monoisotopic (exact) mass is 365 g/mol. The van der Waals surface area contributed by atoms with E-state index in [-0.39, 0.29) is 5.56 Å². The van der Waals surface area contributed by atoms with Gasteiger partial charge in [-0.3, -0.25) is 9.79 Å². The summed E-state index contributed by atoms with van der Waals surface area (Å²) in [5, 5.41) is 6.64. The molecule has 1 rings (SSSR count). The number of guanidine groups is 1. The maximum absolute atomic E-state index is 11.6. The molecule has 0 aliphatic carbocycles. The highest BCUT2D eigenvalue weighted by molar-refractivity contribution is 5.79. The van der Waals surface area contributed by atoms with E-state index in [1.165, 1.54) is 0 Å². The Morgan fingerprint density at radius 3 is 2.81 bits per heavy atom. The molecule has 0 atom stereocenters. The summed E-state index contributed by atoms with van der Waals surface area (Å²) in [6.45, 7) is 8.05. The molecule has 0 saturated carbocycles. The van der Waals surface area contributed by atoms with E-state index in [0.717, 1.165) is 71.1 Å². The van der Waals surface area contributed by atoms with Crippen LogP contribution in [0.4, 0.5) is 0 Å². The fourth-order valence-corrected chi connectivity index (χ4v) is 2.53. The molecule has 0 spiro atoms. The van der Waals surface area contributed by atoms with Gasteiger partial charge in [0, 0.05) is 65.2 Å². The number of unbranched alkanes of at least 4 members (excludes halogenated alkanes) is 1. The van der Waals surface area contributed by atoms with Crippen molar-refractivity contribution in [3.05, 3.63) is 34.7 Å². The van der Waals surface area contributed by atoms with Crippen molar-refractivity contribution >= 4 is 5.96 Å². The molecule has 0 amide bonds. The maximum Gasteiger partial charge on any atom is 0.250 e. The van der Waals surface area contributed by atoms with Crippen LogP contribution in [-0.2, 0) is 11.3 Å². The molecule has 0 unspecified atom stereocenters. The van der Waals surface area contributed by atoms with Gasteiger partial charge in [-0.25, -0.2) is 0 Å². The molecule has 1 heterocycles. The largest absolute Gasteiger partial charge is 0.385 e. The minimum Gasteiger partial charge on any atom is -0.385 e. The Balaban J connectivity index is 2.23. The van der Waals surface area contributed by atoms with Gasteiger partial charge in [0.2, 0.25) is 5.56 Å². The first-order chi connectivity index (χ1) is 12.7. The highest BCUT2D eigenvalue weighted by Gasteiger charge is 2.00. The minimum atomic E-state index is 0.0561. The molecule has 148 valence electrons. The molecule has 7 nitrogen and oxygen atoms in total. The zero-order chi connectivity index (χ0) is 19.0. The molecule has 7 heteroatoms. The fourth-order valence-electron chi connectivity index (χ4n) is 2.53. The molecule has 0 aromatic carbocycles. The van der Waals surface area contributed by atoms with E-state index in [2.05, 4.69) is 34.5 Å². The Kier molecular flexibility index (Phi) is 12.2. The van der Waals surface area contributed by atoms with Gasteiger partial charge in [0.15, 0.2) is 5.96 Å². The summed E-state index contributed by atoms with van der Waals surface area (Å²) < 4.78 is 6.82. The lowest BCUT2D eigenvalue weighted by molar-refractivity contribution is 0.180. The molecule has 0 aliphatic heterocycles. The SMILES string of the molecule is CCNC(=NCCCCn1ccccc1=O)NCCN(C)CCCOC. The van der Waals surface area contributed by atoms with Crippen molar-refractivity contribution in [2.24, 2.45) is 4.99 Å². The van der Waals surface area contributed by atoms with Gasteiger partial charge in [-0.05, 0) is 39.3 Å². The summed E-state index contributed by atoms with van der Waals surface area (Å²) in [5.41, 5.74) is 0.0561. The van der Waals surface area contributed by atoms with Crippen molar-refractivity contribution < 1.29 is 4.74 Å². The number of likely N-dealkylation sites (N-methyl/N-ethyl adjacent to an activating group) is 1. The second-order valence-electron chi connectivity index (χ2n) is 6.28. The number of nitrogens with one attached hydrogen (secondary N) is 2. The number of aromatic nitrogens is 1. The van der Waals surface area contributed by atoms with E-state index in [0.29, 0.717) is 0 Å². The molecular formula is C19H35N5O2. The number of aliphatic imine (C=N–C) groups is 1. The Morgan fingerprint density at radius 2 is 2.08 bits per heavy atom. The van der Waals surface area contributed by atoms with Crippen molar-refractivity contribution in [2.45, 2.75) is 32.7 Å². The first kappa shape index (κ1) is 22.2. The first-order valence-corrected chi connectivity index (χ1v) is 9.52. The summed E-state index contributed by atoms with van der Waals surface area (Å²) in [6.07, 6.45) is 4.77. The Bertz CT molecular complexity index is 559. The van der Waals surface area contributed by atoms with Gasteiger partial charge in [-0.2, -0.15) is 0 Å². The van der Waals surface area contributed by atoms with Crippen LogP contribution in [0.15, 0.2) is 34.2 Å². The van der Waals surface area contributed by atoms with Gasteiger partial charge >= 0.3 is 0 Å². The van der Waals surface area contributed by atoms with Gasteiger partial charge in [-0.15, -0.1) is 0 Å². The number of pyridine rings is 1. The lowest BCUT2D eigenvalue weighted by Gasteiger charge is -2.18. The van der Waals surface area contributed by atoms with Crippen LogP contribution >= 0.6 is 0 Å². The van der Waals surface area contributed by atoms with Crippen LogP contribution in [-0.4, -0.2) is 68.9 Å². The number of hydrogen-bond acceptors (Lipinski definition) is 4. The van der Waals surface area contributed by atoms with E-state index >= 15 is 0 Å². The van der Waals surface area contributed by atoms with Crippen LogP contribution < -0.4 is 16.2 Å². The van der Waals surface area contributed by atoms with Crippen LogP contribution in [0, 0.1) is 0 Å². The zero-order valence-electron chi connectivity index (χ0n) is 16.5. The Labute approximate surface area is 157 Å². The van der Waals surface area contributed by atoms with Crippen molar-refractivity contribution in [2.75, 3.05) is 53.5 Å². The quantitative estimate of drug-likeness (QED) is 0.312. The van der Waals surface area contributed by atoms with Crippen LogP contribution in [0.1, 0.15) is 26.2 Å². The van der Waals surface area contributed by atoms with E-state index in [1.54, 1.807) is 23.8 Å². The van der Waals surface area contributed by atoms with E-state index < -0.39 is 0 Å². The summed E-state index contributed by atoms with van der Waals surface area (Å²) in [7, 11) is 3.85. The molecule has 2 N–H and O–H groups in total. The third kappa shape index (κ3) is 10.2. The van der Waals surface area contributed by atoms with Gasteiger partial charge in [0.1, 0.15) is 0 Å². The highest BCUT2D eigenvalue weighted by Crippen LogP contribution is 1.94. The minimum absolute atomic E-state index is 0.0561. The number of aryl methyl sites for hydroxylation is 1. The van der Waals surface area contributed by atoms with E-state index in [4.69, 9.17) is 4.74 Å². The molecule has 0 aliphatic rings. The lowest BCUT2D eigenvalue weighted by atomic mass is 10.3. The first-order valence-electron chi connectivity index (χ1n) is 9.52. The number of hydrogen-bond donors (Lipinski definition) is 2. The van der Waals surface area contributed by atoms with Gasteiger partial charge < -0.3 is 24.8 Å². The van der Waals surface area contributed by atoms with Crippen LogP contribution in [0.5, 0.6) is 0 Å². The number of ether oxygens (including phenoxy) is 1. The molecule has 0 radical (unpaired) electrons. The average molecular weight is 366 g/mol. The molecule has 0 saturated heterocycles. The van der Waals surface area contributed by atoms with E-state index in [1.807, 2.05) is 12.3 Å². The fraction of sp³-hybridized carbons (Fsp3) is 0.684. The summed E-state index contributed by atoms with van der Waals surface area (Å²) in [4.78, 5) is 18.5. The predicted octanol–water partition coefficient (Wildman–Crippen LogP) is 1.15. The normalized spacial score (nSPS) is 11.8.